The highest BCUT2D eigenvalue weighted by Gasteiger charge is 2.01. The molecule has 0 saturated carbocycles. The highest BCUT2D eigenvalue weighted by Crippen LogP contribution is 2.05. The molecular formula is C10H14N4. The number of rotatable bonds is 3. The molecule has 0 bridgehead atoms. The van der Waals surface area contributed by atoms with E-state index in [1.807, 2.05) is 17.8 Å². The van der Waals surface area contributed by atoms with Crippen LogP contribution >= 0.6 is 0 Å². The first kappa shape index (κ1) is 9.15. The maximum absolute atomic E-state index is 4.40. The van der Waals surface area contributed by atoms with Crippen LogP contribution in [0.4, 0.5) is 0 Å². The van der Waals surface area contributed by atoms with Crippen LogP contribution in [0, 0.1) is 0 Å². The predicted octanol–water partition coefficient (Wildman–Crippen LogP) is 1.01. The van der Waals surface area contributed by atoms with Crippen LogP contribution in [0.25, 0.3) is 5.65 Å². The molecule has 2 heterocycles. The Morgan fingerprint density at radius 3 is 3.07 bits per heavy atom. The van der Waals surface area contributed by atoms with Gasteiger partial charge in [0.05, 0.1) is 0 Å². The van der Waals surface area contributed by atoms with E-state index < -0.39 is 0 Å². The van der Waals surface area contributed by atoms with Gasteiger partial charge in [0.2, 0.25) is 0 Å². The minimum atomic E-state index is 0.866. The Balaban J connectivity index is 2.43. The van der Waals surface area contributed by atoms with Crippen molar-refractivity contribution in [3.8, 4) is 0 Å². The van der Waals surface area contributed by atoms with Crippen LogP contribution in [0.2, 0.25) is 0 Å². The van der Waals surface area contributed by atoms with Crippen molar-refractivity contribution in [3.63, 3.8) is 0 Å². The topological polar surface area (TPSA) is 42.2 Å². The van der Waals surface area contributed by atoms with Gasteiger partial charge in [0, 0.05) is 19.2 Å². The Bertz CT molecular complexity index is 433. The summed E-state index contributed by atoms with van der Waals surface area (Å²) in [7, 11) is 1.94. The SMILES string of the molecule is CCc1nc2cc(CNC)ccn2n1. The molecule has 1 N–H and O–H groups in total. The van der Waals surface area contributed by atoms with Gasteiger partial charge in [0.1, 0.15) is 0 Å². The van der Waals surface area contributed by atoms with Gasteiger partial charge in [-0.15, -0.1) is 0 Å². The lowest BCUT2D eigenvalue weighted by atomic mass is 10.2. The first-order valence-electron chi connectivity index (χ1n) is 4.82. The summed E-state index contributed by atoms with van der Waals surface area (Å²) in [5.41, 5.74) is 2.16. The molecule has 4 heteroatoms. The molecular weight excluding hydrogens is 176 g/mol. The van der Waals surface area contributed by atoms with Crippen LogP contribution in [0.1, 0.15) is 18.3 Å². The van der Waals surface area contributed by atoms with Gasteiger partial charge in [-0.05, 0) is 24.7 Å². The van der Waals surface area contributed by atoms with Crippen molar-refractivity contribution in [2.75, 3.05) is 7.05 Å². The highest BCUT2D eigenvalue weighted by atomic mass is 15.3. The van der Waals surface area contributed by atoms with Gasteiger partial charge >= 0.3 is 0 Å². The van der Waals surface area contributed by atoms with E-state index in [9.17, 15) is 0 Å². The normalized spacial score (nSPS) is 11.0. The largest absolute Gasteiger partial charge is 0.316 e. The molecule has 74 valence electrons. The van der Waals surface area contributed by atoms with Gasteiger partial charge in [-0.3, -0.25) is 0 Å². The summed E-state index contributed by atoms with van der Waals surface area (Å²) in [5.74, 6) is 0.895. The highest BCUT2D eigenvalue weighted by molar-refractivity contribution is 5.40. The van der Waals surface area contributed by atoms with Gasteiger partial charge in [0.15, 0.2) is 11.5 Å². The van der Waals surface area contributed by atoms with Crippen LogP contribution in [0.3, 0.4) is 0 Å². The summed E-state index contributed by atoms with van der Waals surface area (Å²) in [5, 5.41) is 7.43. The lowest BCUT2D eigenvalue weighted by Crippen LogP contribution is -2.05. The minimum Gasteiger partial charge on any atom is -0.316 e. The fraction of sp³-hybridized carbons (Fsp3) is 0.400. The number of pyridine rings is 1. The molecule has 0 radical (unpaired) electrons. The first-order valence-corrected chi connectivity index (χ1v) is 4.82. The molecule has 2 aromatic heterocycles. The number of aryl methyl sites for hydroxylation is 1. The molecule has 2 rings (SSSR count). The summed E-state index contributed by atoms with van der Waals surface area (Å²) in [6.45, 7) is 2.92. The van der Waals surface area contributed by atoms with Gasteiger partial charge in [-0.1, -0.05) is 6.92 Å². The minimum absolute atomic E-state index is 0.866. The number of hydrogen-bond donors (Lipinski definition) is 1. The van der Waals surface area contributed by atoms with Gasteiger partial charge in [-0.25, -0.2) is 9.50 Å². The maximum atomic E-state index is 4.40. The quantitative estimate of drug-likeness (QED) is 0.785. The molecule has 0 aliphatic rings. The molecule has 0 saturated heterocycles. The van der Waals surface area contributed by atoms with Crippen molar-refractivity contribution in [3.05, 3.63) is 29.7 Å². The van der Waals surface area contributed by atoms with Crippen LogP contribution in [-0.2, 0) is 13.0 Å². The molecule has 2 aromatic rings. The van der Waals surface area contributed by atoms with Crippen LogP contribution in [0.5, 0.6) is 0 Å². The second-order valence-electron chi connectivity index (χ2n) is 3.25. The Hall–Kier alpha value is -1.42. The molecule has 0 atom stereocenters. The summed E-state index contributed by atoms with van der Waals surface area (Å²) < 4.78 is 1.82. The molecule has 0 unspecified atom stereocenters. The lowest BCUT2D eigenvalue weighted by molar-refractivity contribution is 0.812. The number of nitrogens with one attached hydrogen (secondary N) is 1. The Morgan fingerprint density at radius 2 is 2.36 bits per heavy atom. The van der Waals surface area contributed by atoms with Crippen molar-refractivity contribution in [1.82, 2.24) is 19.9 Å². The Kier molecular flexibility index (Phi) is 2.45. The zero-order chi connectivity index (χ0) is 9.97. The second-order valence-corrected chi connectivity index (χ2v) is 3.25. The molecule has 0 spiro atoms. The van der Waals surface area contributed by atoms with E-state index in [-0.39, 0.29) is 0 Å². The molecule has 0 fully saturated rings. The molecule has 0 amide bonds. The van der Waals surface area contributed by atoms with Crippen molar-refractivity contribution in [2.45, 2.75) is 19.9 Å². The first-order chi connectivity index (χ1) is 6.83. The summed E-state index contributed by atoms with van der Waals surface area (Å²) in [6, 6.07) is 4.11. The molecule has 4 nitrogen and oxygen atoms in total. The van der Waals surface area contributed by atoms with E-state index in [1.165, 1.54) is 5.56 Å². The smallest absolute Gasteiger partial charge is 0.155 e. The standard InChI is InChI=1S/C10H14N4/c1-3-9-12-10-6-8(7-11-2)4-5-14(10)13-9/h4-6,11H,3,7H2,1-2H3. The van der Waals surface area contributed by atoms with Gasteiger partial charge < -0.3 is 5.32 Å². The Labute approximate surface area is 83.0 Å². The van der Waals surface area contributed by atoms with Crippen molar-refractivity contribution < 1.29 is 0 Å². The van der Waals surface area contributed by atoms with Gasteiger partial charge in [0.25, 0.3) is 0 Å². The average molecular weight is 190 g/mol. The zero-order valence-electron chi connectivity index (χ0n) is 8.49. The van der Waals surface area contributed by atoms with Crippen LogP contribution < -0.4 is 5.32 Å². The van der Waals surface area contributed by atoms with E-state index in [2.05, 4.69) is 34.5 Å². The predicted molar refractivity (Wildman–Crippen MR) is 55.1 cm³/mol. The van der Waals surface area contributed by atoms with Crippen LogP contribution in [0.15, 0.2) is 18.3 Å². The van der Waals surface area contributed by atoms with E-state index >= 15 is 0 Å². The van der Waals surface area contributed by atoms with E-state index in [4.69, 9.17) is 0 Å². The van der Waals surface area contributed by atoms with Crippen molar-refractivity contribution >= 4 is 5.65 Å². The summed E-state index contributed by atoms with van der Waals surface area (Å²) in [6.07, 6.45) is 2.83. The number of hydrogen-bond acceptors (Lipinski definition) is 3. The lowest BCUT2D eigenvalue weighted by Gasteiger charge is -1.98. The van der Waals surface area contributed by atoms with E-state index in [1.54, 1.807) is 0 Å². The fourth-order valence-corrected chi connectivity index (χ4v) is 1.43. The third-order valence-electron chi connectivity index (χ3n) is 2.14. The van der Waals surface area contributed by atoms with Crippen molar-refractivity contribution in [2.24, 2.45) is 0 Å². The molecule has 0 aliphatic carbocycles. The second kappa shape index (κ2) is 3.75. The third kappa shape index (κ3) is 1.61. The van der Waals surface area contributed by atoms with E-state index in [0.717, 1.165) is 24.4 Å². The monoisotopic (exact) mass is 190 g/mol. The fourth-order valence-electron chi connectivity index (χ4n) is 1.43. The van der Waals surface area contributed by atoms with Crippen LogP contribution in [-0.4, -0.2) is 21.6 Å². The zero-order valence-corrected chi connectivity index (χ0v) is 8.49. The number of aromatic nitrogens is 3. The Morgan fingerprint density at radius 1 is 1.50 bits per heavy atom. The van der Waals surface area contributed by atoms with Gasteiger partial charge in [-0.2, -0.15) is 5.10 Å². The summed E-state index contributed by atoms with van der Waals surface area (Å²) >= 11 is 0. The number of nitrogens with zero attached hydrogens (tertiary/aromatic N) is 3. The van der Waals surface area contributed by atoms with E-state index in [0.29, 0.717) is 0 Å². The third-order valence-corrected chi connectivity index (χ3v) is 2.14. The maximum Gasteiger partial charge on any atom is 0.155 e. The molecule has 0 aromatic carbocycles. The molecule has 14 heavy (non-hydrogen) atoms. The number of fused-ring (bicyclic) bond motifs is 1. The van der Waals surface area contributed by atoms with Crippen molar-refractivity contribution in [1.29, 1.82) is 0 Å². The summed E-state index contributed by atoms with van der Waals surface area (Å²) in [4.78, 5) is 4.40. The molecule has 0 aliphatic heterocycles. The average Bonchev–Trinajstić information content (AvgIpc) is 2.60.